The maximum Gasteiger partial charge on any atom is 0.309 e. The third kappa shape index (κ3) is 4.99. The van der Waals surface area contributed by atoms with Gasteiger partial charge in [-0.2, -0.15) is 0 Å². The summed E-state index contributed by atoms with van der Waals surface area (Å²) in [7, 11) is 0.331. The van der Waals surface area contributed by atoms with Gasteiger partial charge in [-0.05, 0) is 36.7 Å². The number of rotatable bonds is 5. The van der Waals surface area contributed by atoms with Crippen LogP contribution < -0.4 is 5.32 Å². The lowest BCUT2D eigenvalue weighted by atomic mass is 9.83. The number of carbonyl (C=O) groups excluding carboxylic acids is 1. The fourth-order valence-corrected chi connectivity index (χ4v) is 3.58. The van der Waals surface area contributed by atoms with Crippen molar-refractivity contribution in [3.05, 3.63) is 11.8 Å². The highest BCUT2D eigenvalue weighted by Gasteiger charge is 2.35. The highest BCUT2D eigenvalue weighted by molar-refractivity contribution is 6.48. The molecule has 19 heavy (non-hydrogen) atoms. The molecule has 0 saturated heterocycles. The second kappa shape index (κ2) is 6.57. The summed E-state index contributed by atoms with van der Waals surface area (Å²) >= 11 is 0. The Hall–Kier alpha value is -0.813. The van der Waals surface area contributed by atoms with E-state index in [9.17, 15) is 4.79 Å². The van der Waals surface area contributed by atoms with Gasteiger partial charge in [0.05, 0.1) is 25.7 Å². The topological polar surface area (TPSA) is 47.6 Å². The van der Waals surface area contributed by atoms with Crippen LogP contribution in [-0.4, -0.2) is 34.3 Å². The summed E-state index contributed by atoms with van der Waals surface area (Å²) in [4.78, 5) is 11.3. The van der Waals surface area contributed by atoms with Gasteiger partial charge in [-0.1, -0.05) is 20.8 Å². The number of methoxy groups -OCH3 is 1. The number of carbonyl (C=O) groups is 1. The van der Waals surface area contributed by atoms with E-state index in [2.05, 4.69) is 39.2 Å². The molecular formula is C14H27NO3Si. The second-order valence-electron chi connectivity index (χ2n) is 6.50. The van der Waals surface area contributed by atoms with Gasteiger partial charge in [-0.15, -0.1) is 0 Å². The zero-order valence-corrected chi connectivity index (χ0v) is 14.1. The average molecular weight is 285 g/mol. The second-order valence-corrected chi connectivity index (χ2v) is 8.87. The number of hydrogen-bond acceptors (Lipinski definition) is 4. The van der Waals surface area contributed by atoms with E-state index in [0.29, 0.717) is 6.42 Å². The minimum Gasteiger partial charge on any atom is -0.469 e. The van der Waals surface area contributed by atoms with Crippen molar-refractivity contribution in [3.8, 4) is 0 Å². The van der Waals surface area contributed by atoms with E-state index >= 15 is 0 Å². The van der Waals surface area contributed by atoms with Crippen LogP contribution in [0.1, 0.15) is 33.6 Å². The molecule has 110 valence electrons. The van der Waals surface area contributed by atoms with Crippen LogP contribution in [0.15, 0.2) is 11.8 Å². The van der Waals surface area contributed by atoms with Gasteiger partial charge in [-0.25, -0.2) is 0 Å². The Balaban J connectivity index is 2.63. The molecule has 0 aromatic carbocycles. The first-order chi connectivity index (χ1) is 8.74. The summed E-state index contributed by atoms with van der Waals surface area (Å²) in [5, 5.41) is 3.38. The summed E-state index contributed by atoms with van der Waals surface area (Å²) in [5.41, 5.74) is 1.18. The zero-order chi connectivity index (χ0) is 14.6. The van der Waals surface area contributed by atoms with Crippen LogP contribution in [0.25, 0.3) is 0 Å². The van der Waals surface area contributed by atoms with Crippen LogP contribution in [0, 0.1) is 5.41 Å². The Bertz CT molecular complexity index is 347. The maximum absolute atomic E-state index is 11.3. The molecule has 1 heterocycles. The molecule has 1 N–H and O–H groups in total. The van der Waals surface area contributed by atoms with E-state index in [1.54, 1.807) is 0 Å². The molecule has 1 unspecified atom stereocenters. The Morgan fingerprint density at radius 2 is 2.16 bits per heavy atom. The van der Waals surface area contributed by atoms with E-state index < -0.39 is 9.04 Å². The lowest BCUT2D eigenvalue weighted by Crippen LogP contribution is -2.46. The summed E-state index contributed by atoms with van der Waals surface area (Å²) in [6, 6.07) is 0.259. The number of esters is 1. The molecular weight excluding hydrogens is 258 g/mol. The number of ether oxygens (including phenoxy) is 1. The summed E-state index contributed by atoms with van der Waals surface area (Å²) < 4.78 is 10.9. The highest BCUT2D eigenvalue weighted by Crippen LogP contribution is 2.31. The van der Waals surface area contributed by atoms with Crippen molar-refractivity contribution in [2.75, 3.05) is 7.11 Å². The van der Waals surface area contributed by atoms with Crippen LogP contribution in [0.2, 0.25) is 13.1 Å². The van der Waals surface area contributed by atoms with Crippen molar-refractivity contribution in [2.24, 2.45) is 5.41 Å². The van der Waals surface area contributed by atoms with Crippen LogP contribution in [0.4, 0.5) is 0 Å². The van der Waals surface area contributed by atoms with Crippen molar-refractivity contribution in [2.45, 2.75) is 58.9 Å². The molecule has 0 spiro atoms. The van der Waals surface area contributed by atoms with Gasteiger partial charge in [0, 0.05) is 0 Å². The van der Waals surface area contributed by atoms with Crippen LogP contribution in [0.3, 0.4) is 0 Å². The van der Waals surface area contributed by atoms with E-state index in [1.165, 1.54) is 7.11 Å². The predicted molar refractivity (Wildman–Crippen MR) is 79.5 cm³/mol. The van der Waals surface area contributed by atoms with Gasteiger partial charge in [0.2, 0.25) is 0 Å². The molecule has 0 aliphatic carbocycles. The van der Waals surface area contributed by atoms with Crippen molar-refractivity contribution >= 4 is 15.0 Å². The number of nitrogens with one attached hydrogen (secondary N) is 1. The normalized spacial score (nSPS) is 21.0. The Morgan fingerprint density at radius 1 is 1.53 bits per heavy atom. The van der Waals surface area contributed by atoms with Crippen LogP contribution >= 0.6 is 0 Å². The maximum atomic E-state index is 11.3. The predicted octanol–water partition coefficient (Wildman–Crippen LogP) is 2.21. The quantitative estimate of drug-likeness (QED) is 0.621. The van der Waals surface area contributed by atoms with Gasteiger partial charge < -0.3 is 14.5 Å². The number of hydrogen-bond donors (Lipinski definition) is 1. The first-order valence-corrected chi connectivity index (χ1v) is 9.68. The molecule has 1 aliphatic heterocycles. The lowest BCUT2D eigenvalue weighted by molar-refractivity contribution is -0.139. The van der Waals surface area contributed by atoms with Crippen molar-refractivity contribution in [1.82, 2.24) is 5.32 Å². The fraction of sp³-hybridized carbons (Fsp3) is 0.786. The molecule has 0 fully saturated rings. The Kier molecular flexibility index (Phi) is 5.61. The van der Waals surface area contributed by atoms with Gasteiger partial charge in [-0.3, -0.25) is 4.79 Å². The molecule has 1 rings (SSSR count). The third-order valence-electron chi connectivity index (χ3n) is 3.22. The van der Waals surface area contributed by atoms with Gasteiger partial charge in [0.15, 0.2) is 9.04 Å². The monoisotopic (exact) mass is 285 g/mol. The van der Waals surface area contributed by atoms with Crippen molar-refractivity contribution in [3.63, 3.8) is 0 Å². The lowest BCUT2D eigenvalue weighted by Gasteiger charge is -2.37. The molecule has 0 saturated carbocycles. The van der Waals surface area contributed by atoms with E-state index in [1.807, 2.05) is 6.20 Å². The van der Waals surface area contributed by atoms with Crippen LogP contribution in [0.5, 0.6) is 0 Å². The third-order valence-corrected chi connectivity index (χ3v) is 4.06. The molecule has 1 aliphatic rings. The Labute approximate surface area is 118 Å². The molecule has 5 heteroatoms. The Morgan fingerprint density at radius 3 is 2.63 bits per heavy atom. The standard InChI is InChI=1S/C14H27NO3Si/c1-14(2,3)13(18-19(5)6)11-7-10(9-15-11)8-12(16)17-4/h9,11,13,15,19H,7-8H2,1-6H3/t11-,13?/m0/s1. The summed E-state index contributed by atoms with van der Waals surface area (Å²) in [6.07, 6.45) is 3.35. The fourth-order valence-electron chi connectivity index (χ4n) is 2.40. The first kappa shape index (κ1) is 16.2. The zero-order valence-electron chi connectivity index (χ0n) is 12.9. The smallest absolute Gasteiger partial charge is 0.309 e. The van der Waals surface area contributed by atoms with Crippen LogP contribution in [-0.2, 0) is 14.0 Å². The summed E-state index contributed by atoms with van der Waals surface area (Å²) in [5.74, 6) is -0.180. The van der Waals surface area contributed by atoms with E-state index in [-0.39, 0.29) is 23.5 Å². The molecule has 2 atom stereocenters. The first-order valence-electron chi connectivity index (χ1n) is 6.90. The molecule has 4 nitrogen and oxygen atoms in total. The average Bonchev–Trinajstić information content (AvgIpc) is 2.72. The van der Waals surface area contributed by atoms with Gasteiger partial charge in [0.25, 0.3) is 0 Å². The minimum absolute atomic E-state index is 0.0868. The molecule has 0 amide bonds. The highest BCUT2D eigenvalue weighted by atomic mass is 28.3. The van der Waals surface area contributed by atoms with Gasteiger partial charge >= 0.3 is 5.97 Å². The largest absolute Gasteiger partial charge is 0.469 e. The molecule has 0 aromatic rings. The molecule has 0 aromatic heterocycles. The van der Waals surface area contributed by atoms with E-state index in [4.69, 9.17) is 9.16 Å². The molecule has 0 bridgehead atoms. The molecule has 0 radical (unpaired) electrons. The summed E-state index contributed by atoms with van der Waals surface area (Å²) in [6.45, 7) is 11.0. The van der Waals surface area contributed by atoms with E-state index in [0.717, 1.165) is 12.0 Å². The minimum atomic E-state index is -1.09. The van der Waals surface area contributed by atoms with Crippen molar-refractivity contribution in [1.29, 1.82) is 0 Å². The SMILES string of the molecule is COC(=O)CC1=CN[C@H](C(O[SiH](C)C)C(C)(C)C)C1. The van der Waals surface area contributed by atoms with Gasteiger partial charge in [0.1, 0.15) is 0 Å². The van der Waals surface area contributed by atoms with Crippen molar-refractivity contribution < 1.29 is 14.0 Å².